The number of rotatable bonds is 3. The van der Waals surface area contributed by atoms with Crippen LogP contribution in [0.25, 0.3) is 10.1 Å². The molecule has 1 fully saturated rings. The van der Waals surface area contributed by atoms with Crippen molar-refractivity contribution >= 4 is 27.1 Å². The molecular weight excluding hydrogens is 246 g/mol. The molecule has 0 amide bonds. The van der Waals surface area contributed by atoms with Crippen LogP contribution in [0.15, 0.2) is 34.4 Å². The van der Waals surface area contributed by atoms with Gasteiger partial charge in [0.25, 0.3) is 0 Å². The summed E-state index contributed by atoms with van der Waals surface area (Å²) >= 11 is 1.60. The quantitative estimate of drug-likeness (QED) is 0.923. The first-order valence-electron chi connectivity index (χ1n) is 6.20. The van der Waals surface area contributed by atoms with Crippen molar-refractivity contribution in [3.8, 4) is 0 Å². The van der Waals surface area contributed by atoms with E-state index >= 15 is 0 Å². The van der Waals surface area contributed by atoms with Crippen LogP contribution in [0.1, 0.15) is 12.8 Å². The Labute approximate surface area is 109 Å². The summed E-state index contributed by atoms with van der Waals surface area (Å²) in [5.74, 6) is 0. The Kier molecular flexibility index (Phi) is 3.30. The van der Waals surface area contributed by atoms with Crippen LogP contribution >= 0.6 is 11.3 Å². The minimum Gasteiger partial charge on any atom is -0.379 e. The normalized spacial score (nSPS) is 19.2. The molecule has 1 saturated heterocycles. The number of fused-ring (bicyclic) bond motifs is 1. The van der Waals surface area contributed by atoms with Gasteiger partial charge in [0.15, 0.2) is 0 Å². The van der Waals surface area contributed by atoms with Crippen LogP contribution in [-0.2, 0) is 4.74 Å². The van der Waals surface area contributed by atoms with Gasteiger partial charge in [-0.1, -0.05) is 12.1 Å². The maximum atomic E-state index is 12.2. The maximum absolute atomic E-state index is 12.2. The van der Waals surface area contributed by atoms with E-state index < -0.39 is 0 Å². The highest BCUT2D eigenvalue weighted by Crippen LogP contribution is 2.19. The summed E-state index contributed by atoms with van der Waals surface area (Å²) in [6.45, 7) is 1.57. The fourth-order valence-corrected chi connectivity index (χ4v) is 3.11. The molecule has 1 aliphatic rings. The van der Waals surface area contributed by atoms with E-state index in [1.807, 2.05) is 29.6 Å². The monoisotopic (exact) mass is 261 g/mol. The molecule has 1 N–H and O–H groups in total. The first kappa shape index (κ1) is 11.7. The van der Waals surface area contributed by atoms with Gasteiger partial charge >= 0.3 is 0 Å². The van der Waals surface area contributed by atoms with Crippen LogP contribution < -0.4 is 10.7 Å². The highest BCUT2D eigenvalue weighted by Gasteiger charge is 2.15. The minimum absolute atomic E-state index is 0.0855. The fourth-order valence-electron chi connectivity index (χ4n) is 2.23. The van der Waals surface area contributed by atoms with E-state index in [-0.39, 0.29) is 11.5 Å². The summed E-state index contributed by atoms with van der Waals surface area (Å²) in [6, 6.07) is 7.72. The highest BCUT2D eigenvalue weighted by atomic mass is 32.1. The molecule has 18 heavy (non-hydrogen) atoms. The molecule has 1 atom stereocenters. The Bertz CT molecular complexity index is 602. The average Bonchev–Trinajstić information content (AvgIpc) is 2.91. The van der Waals surface area contributed by atoms with Crippen LogP contribution in [0.2, 0.25) is 0 Å². The maximum Gasteiger partial charge on any atom is 0.211 e. The Morgan fingerprint density at radius 1 is 1.39 bits per heavy atom. The molecule has 0 spiro atoms. The third kappa shape index (κ3) is 2.26. The molecule has 3 rings (SSSR count). The molecule has 2 heterocycles. The molecule has 2 aromatic rings. The first-order chi connectivity index (χ1) is 8.84. The van der Waals surface area contributed by atoms with Crippen molar-refractivity contribution in [3.05, 3.63) is 39.9 Å². The van der Waals surface area contributed by atoms with Crippen molar-refractivity contribution in [1.29, 1.82) is 0 Å². The largest absolute Gasteiger partial charge is 0.379 e. The molecule has 0 aliphatic carbocycles. The Morgan fingerprint density at radius 3 is 3.11 bits per heavy atom. The third-order valence-corrected chi connectivity index (χ3v) is 4.19. The highest BCUT2D eigenvalue weighted by molar-refractivity contribution is 7.16. The van der Waals surface area contributed by atoms with Gasteiger partial charge in [0.05, 0.1) is 11.8 Å². The molecule has 1 aliphatic heterocycles. The zero-order valence-corrected chi connectivity index (χ0v) is 10.8. The Morgan fingerprint density at radius 2 is 2.28 bits per heavy atom. The van der Waals surface area contributed by atoms with Crippen LogP contribution in [0, 0.1) is 0 Å². The van der Waals surface area contributed by atoms with Gasteiger partial charge in [0.1, 0.15) is 0 Å². The van der Waals surface area contributed by atoms with E-state index in [1.165, 1.54) is 0 Å². The molecular formula is C14H15NO2S. The van der Waals surface area contributed by atoms with Crippen molar-refractivity contribution in [2.45, 2.75) is 18.9 Å². The van der Waals surface area contributed by atoms with Crippen molar-refractivity contribution in [3.63, 3.8) is 0 Å². The average molecular weight is 261 g/mol. The lowest BCUT2D eigenvalue weighted by Crippen LogP contribution is -2.21. The van der Waals surface area contributed by atoms with E-state index in [9.17, 15) is 4.79 Å². The number of nitrogens with one attached hydrogen (secondary N) is 1. The number of benzene rings is 1. The second kappa shape index (κ2) is 5.08. The number of anilines is 1. The smallest absolute Gasteiger partial charge is 0.211 e. The van der Waals surface area contributed by atoms with Gasteiger partial charge in [-0.05, 0) is 25.0 Å². The van der Waals surface area contributed by atoms with Crippen LogP contribution in [-0.4, -0.2) is 19.3 Å². The predicted octanol–water partition coefficient (Wildman–Crippen LogP) is 2.85. The Balaban J connectivity index is 1.83. The molecule has 0 saturated carbocycles. The van der Waals surface area contributed by atoms with E-state index in [0.29, 0.717) is 5.69 Å². The van der Waals surface area contributed by atoms with E-state index in [0.717, 1.165) is 36.1 Å². The lowest BCUT2D eigenvalue weighted by Gasteiger charge is -2.11. The van der Waals surface area contributed by atoms with Crippen molar-refractivity contribution in [2.24, 2.45) is 0 Å². The van der Waals surface area contributed by atoms with Crippen LogP contribution in [0.5, 0.6) is 0 Å². The number of ether oxygens (including phenoxy) is 1. The lowest BCUT2D eigenvalue weighted by molar-refractivity contribution is 0.120. The van der Waals surface area contributed by atoms with Gasteiger partial charge in [-0.3, -0.25) is 4.79 Å². The fraction of sp³-hybridized carbons (Fsp3) is 0.357. The zero-order valence-electron chi connectivity index (χ0n) is 10.0. The summed E-state index contributed by atoms with van der Waals surface area (Å²) in [5, 5.41) is 5.91. The second-order valence-corrected chi connectivity index (χ2v) is 5.40. The second-order valence-electron chi connectivity index (χ2n) is 4.49. The summed E-state index contributed by atoms with van der Waals surface area (Å²) in [5.41, 5.74) is 0.775. The first-order valence-corrected chi connectivity index (χ1v) is 7.08. The van der Waals surface area contributed by atoms with Crippen molar-refractivity contribution in [2.75, 3.05) is 18.5 Å². The van der Waals surface area contributed by atoms with E-state index in [1.54, 1.807) is 11.3 Å². The van der Waals surface area contributed by atoms with E-state index in [4.69, 9.17) is 4.74 Å². The molecule has 0 radical (unpaired) electrons. The zero-order chi connectivity index (χ0) is 12.4. The van der Waals surface area contributed by atoms with Gasteiger partial charge in [0, 0.05) is 28.6 Å². The lowest BCUT2D eigenvalue weighted by atomic mass is 10.2. The van der Waals surface area contributed by atoms with Gasteiger partial charge in [-0.15, -0.1) is 11.3 Å². The van der Waals surface area contributed by atoms with Gasteiger partial charge in [-0.25, -0.2) is 0 Å². The van der Waals surface area contributed by atoms with Crippen LogP contribution in [0.4, 0.5) is 5.69 Å². The molecule has 3 nitrogen and oxygen atoms in total. The van der Waals surface area contributed by atoms with Gasteiger partial charge in [0.2, 0.25) is 5.43 Å². The summed E-state index contributed by atoms with van der Waals surface area (Å²) in [7, 11) is 0. The molecule has 1 aromatic carbocycles. The van der Waals surface area contributed by atoms with Crippen molar-refractivity contribution < 1.29 is 4.74 Å². The van der Waals surface area contributed by atoms with Crippen molar-refractivity contribution in [1.82, 2.24) is 0 Å². The minimum atomic E-state index is 0.0855. The molecule has 94 valence electrons. The molecule has 0 bridgehead atoms. The van der Waals surface area contributed by atoms with E-state index in [2.05, 4.69) is 5.32 Å². The standard InChI is InChI=1S/C14H15NO2S/c16-14-11-5-1-2-6-13(11)18-9-12(14)15-8-10-4-3-7-17-10/h1-2,5-6,9-10,15H,3-4,7-8H2/t10-/m0/s1. The van der Waals surface area contributed by atoms with Gasteiger partial charge < -0.3 is 10.1 Å². The van der Waals surface area contributed by atoms with Crippen LogP contribution in [0.3, 0.4) is 0 Å². The topological polar surface area (TPSA) is 38.3 Å². The molecule has 1 aromatic heterocycles. The SMILES string of the molecule is O=c1c(NC[C@@H]2CCCO2)csc2ccccc12. The number of hydrogen-bond donors (Lipinski definition) is 1. The summed E-state index contributed by atoms with van der Waals surface area (Å²) < 4.78 is 6.57. The molecule has 0 unspecified atom stereocenters. The summed E-state index contributed by atoms with van der Waals surface area (Å²) in [6.07, 6.45) is 2.45. The summed E-state index contributed by atoms with van der Waals surface area (Å²) in [4.78, 5) is 12.2. The predicted molar refractivity (Wildman–Crippen MR) is 75.6 cm³/mol. The third-order valence-electron chi connectivity index (χ3n) is 3.22. The number of hydrogen-bond acceptors (Lipinski definition) is 4. The Hall–Kier alpha value is -1.39. The van der Waals surface area contributed by atoms with Gasteiger partial charge in [-0.2, -0.15) is 0 Å². The molecule has 4 heteroatoms.